The maximum Gasteiger partial charge on any atom is 0.341 e. The predicted octanol–water partition coefficient (Wildman–Crippen LogP) is 2.28. The van der Waals surface area contributed by atoms with Crippen molar-refractivity contribution in [3.8, 4) is 17.2 Å². The number of rotatable bonds is 10. The zero-order chi connectivity index (χ0) is 19.6. The zero-order valence-electron chi connectivity index (χ0n) is 15.3. The summed E-state index contributed by atoms with van der Waals surface area (Å²) in [5.41, 5.74) is 1.00. The Kier molecular flexibility index (Phi) is 7.49. The second-order valence-corrected chi connectivity index (χ2v) is 5.80. The summed E-state index contributed by atoms with van der Waals surface area (Å²) >= 11 is 0. The number of amides is 1. The molecule has 2 aromatic rings. The molecule has 0 radical (unpaired) electrons. The Labute approximate surface area is 157 Å². The van der Waals surface area contributed by atoms with Gasteiger partial charge in [0.1, 0.15) is 17.2 Å². The molecule has 2 rings (SSSR count). The summed E-state index contributed by atoms with van der Waals surface area (Å²) in [5, 5.41) is 11.4. The van der Waals surface area contributed by atoms with E-state index in [0.717, 1.165) is 11.3 Å². The number of nitrogens with one attached hydrogen (secondary N) is 1. The lowest BCUT2D eigenvalue weighted by atomic mass is 10.1. The second kappa shape index (κ2) is 10.1. The van der Waals surface area contributed by atoms with E-state index < -0.39 is 12.1 Å². The third-order valence-corrected chi connectivity index (χ3v) is 3.74. The minimum absolute atomic E-state index is 0.202. The van der Waals surface area contributed by atoms with Gasteiger partial charge in [0, 0.05) is 6.54 Å². The second-order valence-electron chi connectivity index (χ2n) is 5.80. The first-order chi connectivity index (χ1) is 13.0. The number of aliphatic carboxylic acids is 1. The molecule has 0 heterocycles. The number of carboxylic acids is 1. The molecule has 0 aliphatic rings. The van der Waals surface area contributed by atoms with Crippen molar-refractivity contribution in [1.82, 2.24) is 5.32 Å². The fourth-order valence-electron chi connectivity index (χ4n) is 2.28. The quantitative estimate of drug-likeness (QED) is 0.664. The predicted molar refractivity (Wildman–Crippen MR) is 99.4 cm³/mol. The highest BCUT2D eigenvalue weighted by Crippen LogP contribution is 2.18. The number of methoxy groups -OCH3 is 1. The summed E-state index contributed by atoms with van der Waals surface area (Å²) in [5.74, 6) is 0.584. The molecular formula is C20H23NO6. The number of ether oxygens (including phenoxy) is 3. The Morgan fingerprint density at radius 3 is 2.19 bits per heavy atom. The molecule has 0 aliphatic carbocycles. The number of carbonyl (C=O) groups is 2. The molecular weight excluding hydrogens is 350 g/mol. The van der Waals surface area contributed by atoms with E-state index in [1.807, 2.05) is 12.1 Å². The van der Waals surface area contributed by atoms with Gasteiger partial charge in [0.05, 0.1) is 7.11 Å². The molecule has 7 nitrogen and oxygen atoms in total. The number of benzene rings is 2. The van der Waals surface area contributed by atoms with Crippen LogP contribution in [0.4, 0.5) is 0 Å². The fourth-order valence-corrected chi connectivity index (χ4v) is 2.28. The number of carbonyl (C=O) groups excluding carboxylic acids is 1. The lowest BCUT2D eigenvalue weighted by Crippen LogP contribution is -2.37. The average molecular weight is 373 g/mol. The summed E-state index contributed by atoms with van der Waals surface area (Å²) in [6.07, 6.45) is 0.0189. The molecule has 1 atom stereocenters. The van der Waals surface area contributed by atoms with Crippen LogP contribution in [0, 0.1) is 0 Å². The van der Waals surface area contributed by atoms with Gasteiger partial charge in [-0.15, -0.1) is 0 Å². The third-order valence-electron chi connectivity index (χ3n) is 3.74. The minimum Gasteiger partial charge on any atom is -0.497 e. The van der Waals surface area contributed by atoms with E-state index in [2.05, 4.69) is 5.32 Å². The largest absolute Gasteiger partial charge is 0.497 e. The van der Waals surface area contributed by atoms with Crippen molar-refractivity contribution in [2.24, 2.45) is 0 Å². The molecule has 144 valence electrons. The highest BCUT2D eigenvalue weighted by atomic mass is 16.5. The van der Waals surface area contributed by atoms with E-state index in [1.54, 1.807) is 50.4 Å². The normalized spacial score (nSPS) is 11.3. The van der Waals surface area contributed by atoms with Gasteiger partial charge in [-0.25, -0.2) is 4.79 Å². The SMILES string of the molecule is COc1ccc(OC(C)C(=O)NCCc2ccc(OCC(=O)O)cc2)cc1. The van der Waals surface area contributed by atoms with Crippen molar-refractivity contribution < 1.29 is 28.9 Å². The summed E-state index contributed by atoms with van der Waals surface area (Å²) < 4.78 is 15.8. The van der Waals surface area contributed by atoms with E-state index in [9.17, 15) is 9.59 Å². The van der Waals surface area contributed by atoms with Gasteiger partial charge in [-0.05, 0) is 55.3 Å². The first-order valence-electron chi connectivity index (χ1n) is 8.50. The van der Waals surface area contributed by atoms with Crippen LogP contribution in [0.2, 0.25) is 0 Å². The average Bonchev–Trinajstić information content (AvgIpc) is 2.67. The van der Waals surface area contributed by atoms with Crippen LogP contribution in [-0.2, 0) is 16.0 Å². The monoisotopic (exact) mass is 373 g/mol. The molecule has 2 N–H and O–H groups in total. The van der Waals surface area contributed by atoms with Gasteiger partial charge in [-0.3, -0.25) is 4.79 Å². The van der Waals surface area contributed by atoms with Gasteiger partial charge >= 0.3 is 5.97 Å². The van der Waals surface area contributed by atoms with Gasteiger partial charge in [0.15, 0.2) is 12.7 Å². The molecule has 0 bridgehead atoms. The molecule has 27 heavy (non-hydrogen) atoms. The van der Waals surface area contributed by atoms with Gasteiger partial charge < -0.3 is 24.6 Å². The molecule has 0 spiro atoms. The van der Waals surface area contributed by atoms with Crippen LogP contribution >= 0.6 is 0 Å². The summed E-state index contributed by atoms with van der Waals surface area (Å²) in [7, 11) is 1.59. The topological polar surface area (TPSA) is 94.1 Å². The van der Waals surface area contributed by atoms with E-state index >= 15 is 0 Å². The van der Waals surface area contributed by atoms with Crippen molar-refractivity contribution in [2.45, 2.75) is 19.4 Å². The smallest absolute Gasteiger partial charge is 0.341 e. The summed E-state index contributed by atoms with van der Waals surface area (Å²) in [6.45, 7) is 1.78. The highest BCUT2D eigenvalue weighted by Gasteiger charge is 2.14. The molecule has 1 unspecified atom stereocenters. The molecule has 0 aromatic heterocycles. The first-order valence-corrected chi connectivity index (χ1v) is 8.50. The van der Waals surface area contributed by atoms with Gasteiger partial charge in [0.25, 0.3) is 5.91 Å². The van der Waals surface area contributed by atoms with Crippen molar-refractivity contribution in [3.05, 3.63) is 54.1 Å². The van der Waals surface area contributed by atoms with Crippen LogP contribution in [0.3, 0.4) is 0 Å². The third kappa shape index (κ3) is 6.89. The van der Waals surface area contributed by atoms with Gasteiger partial charge in [-0.1, -0.05) is 12.1 Å². The maximum atomic E-state index is 12.1. The number of carboxylic acid groups (broad SMARTS) is 1. The Bertz CT molecular complexity index is 742. The van der Waals surface area contributed by atoms with Crippen molar-refractivity contribution in [3.63, 3.8) is 0 Å². The Balaban J connectivity index is 1.73. The fraction of sp³-hybridized carbons (Fsp3) is 0.300. The molecule has 1 amide bonds. The summed E-state index contributed by atoms with van der Waals surface area (Å²) in [6, 6.07) is 14.1. The van der Waals surface area contributed by atoms with Crippen LogP contribution in [0.1, 0.15) is 12.5 Å². The van der Waals surface area contributed by atoms with Crippen molar-refractivity contribution >= 4 is 11.9 Å². The lowest BCUT2D eigenvalue weighted by Gasteiger charge is -2.15. The Hall–Kier alpha value is -3.22. The standard InChI is InChI=1S/C20H23NO6/c1-14(27-18-9-7-16(25-2)8-10-18)20(24)21-12-11-15-3-5-17(6-4-15)26-13-19(22)23/h3-10,14H,11-13H2,1-2H3,(H,21,24)(H,22,23). The van der Waals surface area contributed by atoms with Crippen LogP contribution in [-0.4, -0.2) is 43.3 Å². The van der Waals surface area contributed by atoms with Crippen LogP contribution < -0.4 is 19.5 Å². The number of hydrogen-bond acceptors (Lipinski definition) is 5. The van der Waals surface area contributed by atoms with Crippen molar-refractivity contribution in [2.75, 3.05) is 20.3 Å². The highest BCUT2D eigenvalue weighted by molar-refractivity contribution is 5.80. The minimum atomic E-state index is -1.02. The summed E-state index contributed by atoms with van der Waals surface area (Å²) in [4.78, 5) is 22.6. The molecule has 7 heteroatoms. The molecule has 2 aromatic carbocycles. The van der Waals surface area contributed by atoms with E-state index in [-0.39, 0.29) is 12.5 Å². The van der Waals surface area contributed by atoms with Gasteiger partial charge in [0.2, 0.25) is 0 Å². The molecule has 0 saturated heterocycles. The Morgan fingerprint density at radius 1 is 1.00 bits per heavy atom. The molecule has 0 fully saturated rings. The maximum absolute atomic E-state index is 12.1. The van der Waals surface area contributed by atoms with E-state index in [1.165, 1.54) is 0 Å². The number of hydrogen-bond donors (Lipinski definition) is 2. The lowest BCUT2D eigenvalue weighted by molar-refractivity contribution is -0.139. The van der Waals surface area contributed by atoms with Gasteiger partial charge in [-0.2, -0.15) is 0 Å². The zero-order valence-corrected chi connectivity index (χ0v) is 15.3. The van der Waals surface area contributed by atoms with E-state index in [0.29, 0.717) is 24.5 Å². The van der Waals surface area contributed by atoms with Crippen LogP contribution in [0.25, 0.3) is 0 Å². The molecule has 0 aliphatic heterocycles. The first kappa shape index (κ1) is 20.1. The van der Waals surface area contributed by atoms with E-state index in [4.69, 9.17) is 19.3 Å². The van der Waals surface area contributed by atoms with Crippen molar-refractivity contribution in [1.29, 1.82) is 0 Å². The molecule has 0 saturated carbocycles. The van der Waals surface area contributed by atoms with Crippen LogP contribution in [0.15, 0.2) is 48.5 Å². The van der Waals surface area contributed by atoms with Crippen LogP contribution in [0.5, 0.6) is 17.2 Å². The Morgan fingerprint density at radius 2 is 1.59 bits per heavy atom.